The van der Waals surface area contributed by atoms with Crippen LogP contribution in [0.15, 0.2) is 16.6 Å². The van der Waals surface area contributed by atoms with E-state index in [9.17, 15) is 4.79 Å². The lowest BCUT2D eigenvalue weighted by molar-refractivity contribution is 1.02. The zero-order valence-corrected chi connectivity index (χ0v) is 6.85. The third-order valence-corrected chi connectivity index (χ3v) is 1.99. The number of aromatic amines is 1. The van der Waals surface area contributed by atoms with Gasteiger partial charge in [0.2, 0.25) is 0 Å². The number of nitrogens with one attached hydrogen (secondary N) is 1. The van der Waals surface area contributed by atoms with E-state index in [1.54, 1.807) is 18.2 Å². The second-order valence-electron chi connectivity index (χ2n) is 2.80. The van der Waals surface area contributed by atoms with Gasteiger partial charge in [-0.15, -0.1) is 5.73 Å². The summed E-state index contributed by atoms with van der Waals surface area (Å²) in [5, 5.41) is 0. The van der Waals surface area contributed by atoms with Crippen LogP contribution >= 0.6 is 0 Å². The fraction of sp³-hybridized carbons (Fsp3) is 0.200. The number of pyridine rings is 1. The molecule has 0 radical (unpaired) electrons. The highest BCUT2D eigenvalue weighted by atomic mass is 16.1. The average molecular weight is 159 g/mol. The summed E-state index contributed by atoms with van der Waals surface area (Å²) in [5.41, 5.74) is 5.58. The molecule has 2 nitrogen and oxygen atoms in total. The molecule has 2 rings (SSSR count). The molecule has 0 fully saturated rings. The highest BCUT2D eigenvalue weighted by Crippen LogP contribution is 2.11. The quantitative estimate of drug-likeness (QED) is 0.629. The van der Waals surface area contributed by atoms with Gasteiger partial charge >= 0.3 is 0 Å². The summed E-state index contributed by atoms with van der Waals surface area (Å²) in [5.74, 6) is 0. The Morgan fingerprint density at radius 1 is 1.50 bits per heavy atom. The first-order valence-electron chi connectivity index (χ1n) is 4.00. The highest BCUT2D eigenvalue weighted by molar-refractivity contribution is 5.70. The van der Waals surface area contributed by atoms with Crippen molar-refractivity contribution in [3.05, 3.63) is 39.0 Å². The molecule has 1 aromatic heterocycles. The fourth-order valence-electron chi connectivity index (χ4n) is 1.31. The third kappa shape index (κ3) is 0.936. The molecule has 0 unspecified atom stereocenters. The van der Waals surface area contributed by atoms with E-state index >= 15 is 0 Å². The summed E-state index contributed by atoms with van der Waals surface area (Å²) in [6.07, 6.45) is 4.37. The van der Waals surface area contributed by atoms with E-state index in [-0.39, 0.29) is 5.43 Å². The zero-order valence-electron chi connectivity index (χ0n) is 6.85. The molecule has 0 saturated carbocycles. The van der Waals surface area contributed by atoms with E-state index in [1.165, 1.54) is 0 Å². The lowest BCUT2D eigenvalue weighted by Gasteiger charge is -2.00. The molecular formula is C10H9NO. The van der Waals surface area contributed by atoms with Gasteiger partial charge in [0, 0.05) is 17.8 Å². The van der Waals surface area contributed by atoms with E-state index in [2.05, 4.69) is 10.7 Å². The molecule has 1 heterocycles. The van der Waals surface area contributed by atoms with Gasteiger partial charge in [0.25, 0.3) is 0 Å². The van der Waals surface area contributed by atoms with Gasteiger partial charge in [0.1, 0.15) is 0 Å². The number of rotatable bonds is 1. The Kier molecular flexibility index (Phi) is 1.49. The van der Waals surface area contributed by atoms with Crippen LogP contribution in [0.25, 0.3) is 12.2 Å². The van der Waals surface area contributed by atoms with Crippen LogP contribution in [0.2, 0.25) is 0 Å². The Balaban J connectivity index is 2.70. The van der Waals surface area contributed by atoms with Crippen LogP contribution < -0.4 is 5.43 Å². The predicted molar refractivity (Wildman–Crippen MR) is 48.9 cm³/mol. The van der Waals surface area contributed by atoms with Crippen molar-refractivity contribution in [2.45, 2.75) is 13.3 Å². The normalized spacial score (nSPS) is 12.1. The molecule has 1 aromatic rings. The van der Waals surface area contributed by atoms with Gasteiger partial charge in [-0.05, 0) is 12.5 Å². The van der Waals surface area contributed by atoms with Gasteiger partial charge in [0.15, 0.2) is 5.43 Å². The maximum Gasteiger partial charge on any atom is 0.190 e. The lowest BCUT2D eigenvalue weighted by Crippen LogP contribution is -2.08. The number of H-pyrrole nitrogens is 1. The zero-order chi connectivity index (χ0) is 8.55. The van der Waals surface area contributed by atoms with Crippen LogP contribution in [0.5, 0.6) is 0 Å². The number of hydrogen-bond acceptors (Lipinski definition) is 1. The lowest BCUT2D eigenvalue weighted by atomic mass is 10.2. The molecule has 1 aliphatic rings. The molecule has 1 N–H and O–H groups in total. The van der Waals surface area contributed by atoms with Crippen molar-refractivity contribution in [1.82, 2.24) is 4.98 Å². The molecule has 0 atom stereocenters. The second-order valence-corrected chi connectivity index (χ2v) is 2.80. The Morgan fingerprint density at radius 2 is 2.33 bits per heavy atom. The monoisotopic (exact) mass is 159 g/mol. The maximum atomic E-state index is 11.4. The van der Waals surface area contributed by atoms with Crippen LogP contribution in [-0.4, -0.2) is 4.98 Å². The van der Waals surface area contributed by atoms with E-state index in [1.807, 2.05) is 6.92 Å². The van der Waals surface area contributed by atoms with Gasteiger partial charge in [-0.2, -0.15) is 0 Å². The van der Waals surface area contributed by atoms with Crippen molar-refractivity contribution >= 4 is 12.2 Å². The summed E-state index contributed by atoms with van der Waals surface area (Å²) >= 11 is 0. The molecule has 0 amide bonds. The Hall–Kier alpha value is -1.53. The van der Waals surface area contributed by atoms with Gasteiger partial charge in [-0.25, -0.2) is 0 Å². The molecule has 12 heavy (non-hydrogen) atoms. The first-order chi connectivity index (χ1) is 5.81. The van der Waals surface area contributed by atoms with Crippen molar-refractivity contribution in [1.29, 1.82) is 0 Å². The summed E-state index contributed by atoms with van der Waals surface area (Å²) in [7, 11) is 0. The molecule has 1 aliphatic carbocycles. The third-order valence-electron chi connectivity index (χ3n) is 1.99. The fourth-order valence-corrected chi connectivity index (χ4v) is 1.31. The number of hydrogen-bond donors (Lipinski definition) is 1. The molecular weight excluding hydrogens is 150 g/mol. The second kappa shape index (κ2) is 2.50. The van der Waals surface area contributed by atoms with Crippen LogP contribution in [-0.2, 0) is 6.42 Å². The molecule has 60 valence electrons. The highest BCUT2D eigenvalue weighted by Gasteiger charge is 2.06. The molecule has 2 heteroatoms. The smallest absolute Gasteiger partial charge is 0.190 e. The van der Waals surface area contributed by atoms with Crippen LogP contribution in [0, 0.1) is 0 Å². The van der Waals surface area contributed by atoms with Crippen LogP contribution in [0.3, 0.4) is 0 Å². The van der Waals surface area contributed by atoms with Crippen LogP contribution in [0.1, 0.15) is 23.9 Å². The van der Waals surface area contributed by atoms with Crippen LogP contribution in [0.4, 0.5) is 0 Å². The number of aryl methyl sites for hydroxylation is 1. The van der Waals surface area contributed by atoms with Crippen molar-refractivity contribution in [3.63, 3.8) is 0 Å². The first kappa shape index (κ1) is 7.14. The molecule has 0 saturated heterocycles. The van der Waals surface area contributed by atoms with E-state index in [0.29, 0.717) is 0 Å². The van der Waals surface area contributed by atoms with Gasteiger partial charge in [-0.1, -0.05) is 6.92 Å². The largest absolute Gasteiger partial charge is 0.358 e. The predicted octanol–water partition coefficient (Wildman–Crippen LogP) is 1.58. The first-order valence-corrected chi connectivity index (χ1v) is 4.00. The Labute approximate surface area is 70.3 Å². The van der Waals surface area contributed by atoms with E-state index in [0.717, 1.165) is 23.4 Å². The number of fused-ring (bicyclic) bond motifs is 1. The Morgan fingerprint density at radius 3 is 3.08 bits per heavy atom. The minimum absolute atomic E-state index is 0.0850. The van der Waals surface area contributed by atoms with Gasteiger partial charge in [0.05, 0.1) is 11.3 Å². The van der Waals surface area contributed by atoms with Gasteiger partial charge < -0.3 is 4.98 Å². The summed E-state index contributed by atoms with van der Waals surface area (Å²) in [6, 6.07) is 1.65. The molecule has 0 aliphatic heterocycles. The number of aromatic nitrogens is 1. The minimum atomic E-state index is 0.0850. The van der Waals surface area contributed by atoms with Crippen molar-refractivity contribution in [2.75, 3.05) is 0 Å². The summed E-state index contributed by atoms with van der Waals surface area (Å²) < 4.78 is 0. The van der Waals surface area contributed by atoms with Crippen molar-refractivity contribution < 1.29 is 0 Å². The average Bonchev–Trinajstić information content (AvgIpc) is 2.52. The Bertz CT molecular complexity index is 434. The standard InChI is InChI=1S/C10H9NO/c1-2-7-6-10(12)8-4-3-5-9(8)11-7/h4-6H,2H2,1H3,(H,11,12). The SMILES string of the molecule is CCc1cc(=O)c2c([nH]1)C=C=C2. The summed E-state index contributed by atoms with van der Waals surface area (Å²) in [6.45, 7) is 2.02. The van der Waals surface area contributed by atoms with Gasteiger partial charge in [-0.3, -0.25) is 4.79 Å². The van der Waals surface area contributed by atoms with E-state index in [4.69, 9.17) is 0 Å². The summed E-state index contributed by atoms with van der Waals surface area (Å²) in [4.78, 5) is 14.5. The maximum absolute atomic E-state index is 11.4. The van der Waals surface area contributed by atoms with E-state index < -0.39 is 0 Å². The molecule has 0 bridgehead atoms. The van der Waals surface area contributed by atoms with Crippen molar-refractivity contribution in [2.24, 2.45) is 0 Å². The minimum Gasteiger partial charge on any atom is -0.358 e. The topological polar surface area (TPSA) is 32.9 Å². The molecule has 0 aromatic carbocycles. The van der Waals surface area contributed by atoms with Crippen molar-refractivity contribution in [3.8, 4) is 0 Å². The molecule has 0 spiro atoms.